The summed E-state index contributed by atoms with van der Waals surface area (Å²) < 4.78 is 40.2. The molecule has 0 unspecified atom stereocenters. The highest BCUT2D eigenvalue weighted by atomic mass is 32.2. The molecule has 1 amide bonds. The number of aromatic nitrogens is 2. The molecular formula is C14H17FN4O3S. The zero-order valence-corrected chi connectivity index (χ0v) is 13.5. The van der Waals surface area contributed by atoms with Gasteiger partial charge in [0.1, 0.15) is 5.82 Å². The average Bonchev–Trinajstić information content (AvgIpc) is 2.99. The van der Waals surface area contributed by atoms with Crippen molar-refractivity contribution < 1.29 is 17.6 Å². The first-order chi connectivity index (χ1) is 10.8. The van der Waals surface area contributed by atoms with Gasteiger partial charge in [-0.3, -0.25) is 4.79 Å². The Balaban J connectivity index is 2.29. The first-order valence-electron chi connectivity index (χ1n) is 6.87. The molecule has 23 heavy (non-hydrogen) atoms. The Morgan fingerprint density at radius 2 is 2.17 bits per heavy atom. The Kier molecular flexibility index (Phi) is 5.12. The van der Waals surface area contributed by atoms with Crippen LogP contribution in [0.25, 0.3) is 0 Å². The molecule has 0 saturated heterocycles. The summed E-state index contributed by atoms with van der Waals surface area (Å²) in [6.45, 7) is 2.02. The van der Waals surface area contributed by atoms with Gasteiger partial charge < -0.3 is 9.88 Å². The number of nitrogens with zero attached hydrogens (tertiary/aromatic N) is 2. The molecule has 7 nitrogen and oxygen atoms in total. The first kappa shape index (κ1) is 17.1. The van der Waals surface area contributed by atoms with Crippen LogP contribution in [0.3, 0.4) is 0 Å². The molecule has 0 bridgehead atoms. The van der Waals surface area contributed by atoms with Crippen molar-refractivity contribution in [1.82, 2.24) is 19.6 Å². The summed E-state index contributed by atoms with van der Waals surface area (Å²) in [6, 6.07) is 3.14. The Bertz CT molecular complexity index is 790. The Hall–Kier alpha value is -2.26. The van der Waals surface area contributed by atoms with E-state index in [0.717, 1.165) is 18.2 Å². The largest absolute Gasteiger partial charge is 0.347 e. The molecule has 1 aromatic carbocycles. The van der Waals surface area contributed by atoms with Gasteiger partial charge in [-0.25, -0.2) is 22.5 Å². The van der Waals surface area contributed by atoms with E-state index in [4.69, 9.17) is 0 Å². The first-order valence-corrected chi connectivity index (χ1v) is 8.35. The van der Waals surface area contributed by atoms with Crippen molar-refractivity contribution in [3.63, 3.8) is 0 Å². The normalized spacial score (nSPS) is 11.4. The molecule has 0 aliphatic heterocycles. The third-order valence-electron chi connectivity index (χ3n) is 3.12. The molecule has 1 heterocycles. The third-order valence-corrected chi connectivity index (χ3v) is 4.67. The summed E-state index contributed by atoms with van der Waals surface area (Å²) in [7, 11) is -2.27. The van der Waals surface area contributed by atoms with Crippen LogP contribution in [0.15, 0.2) is 35.6 Å². The Morgan fingerprint density at radius 1 is 1.43 bits per heavy atom. The molecule has 1 aromatic heterocycles. The van der Waals surface area contributed by atoms with Crippen molar-refractivity contribution in [1.29, 1.82) is 0 Å². The average molecular weight is 340 g/mol. The lowest BCUT2D eigenvalue weighted by Crippen LogP contribution is -2.28. The van der Waals surface area contributed by atoms with Gasteiger partial charge in [0.15, 0.2) is 0 Å². The van der Waals surface area contributed by atoms with E-state index < -0.39 is 21.7 Å². The van der Waals surface area contributed by atoms with E-state index in [1.807, 2.05) is 0 Å². The number of sulfonamides is 1. The van der Waals surface area contributed by atoms with Crippen molar-refractivity contribution >= 4 is 15.9 Å². The number of carbonyl (C=O) groups is 1. The van der Waals surface area contributed by atoms with Gasteiger partial charge in [-0.05, 0) is 18.2 Å². The van der Waals surface area contributed by atoms with Gasteiger partial charge in [0.25, 0.3) is 5.91 Å². The SMILES string of the molecule is CCNS(=O)(=O)c1ccc(F)c(C(=O)N(C)Cc2cnc[nH]2)c1. The van der Waals surface area contributed by atoms with Gasteiger partial charge in [-0.15, -0.1) is 0 Å². The molecule has 0 aliphatic carbocycles. The minimum absolute atomic E-state index is 0.154. The standard InChI is InChI=1S/C14H17FN4O3S/c1-3-18-23(21,22)11-4-5-13(15)12(6-11)14(20)19(2)8-10-7-16-9-17-10/h4-7,9,18H,3,8H2,1-2H3,(H,16,17). The summed E-state index contributed by atoms with van der Waals surface area (Å²) in [5, 5.41) is 0. The van der Waals surface area contributed by atoms with Gasteiger partial charge in [-0.2, -0.15) is 0 Å². The molecule has 0 fully saturated rings. The molecule has 2 aromatic rings. The van der Waals surface area contributed by atoms with E-state index in [-0.39, 0.29) is 23.5 Å². The summed E-state index contributed by atoms with van der Waals surface area (Å²) in [5.41, 5.74) is 0.378. The van der Waals surface area contributed by atoms with E-state index in [0.29, 0.717) is 5.69 Å². The lowest BCUT2D eigenvalue weighted by atomic mass is 10.2. The molecule has 0 atom stereocenters. The number of hydrogen-bond acceptors (Lipinski definition) is 4. The molecule has 0 radical (unpaired) electrons. The number of H-pyrrole nitrogens is 1. The second-order valence-corrected chi connectivity index (χ2v) is 6.65. The lowest BCUT2D eigenvalue weighted by Gasteiger charge is -2.17. The van der Waals surface area contributed by atoms with Gasteiger partial charge in [-0.1, -0.05) is 6.92 Å². The predicted molar refractivity (Wildman–Crippen MR) is 81.6 cm³/mol. The van der Waals surface area contributed by atoms with Crippen LogP contribution in [-0.4, -0.2) is 42.8 Å². The monoisotopic (exact) mass is 340 g/mol. The minimum Gasteiger partial charge on any atom is -0.347 e. The number of hydrogen-bond donors (Lipinski definition) is 2. The van der Waals surface area contributed by atoms with Crippen molar-refractivity contribution in [3.8, 4) is 0 Å². The number of aromatic amines is 1. The van der Waals surface area contributed by atoms with Crippen LogP contribution in [0, 0.1) is 5.82 Å². The number of nitrogens with one attached hydrogen (secondary N) is 2. The molecule has 124 valence electrons. The van der Waals surface area contributed by atoms with Crippen LogP contribution in [0.2, 0.25) is 0 Å². The molecule has 0 aliphatic rings. The lowest BCUT2D eigenvalue weighted by molar-refractivity contribution is 0.0778. The fraction of sp³-hybridized carbons (Fsp3) is 0.286. The maximum atomic E-state index is 14.0. The molecule has 2 rings (SSSR count). The van der Waals surface area contributed by atoms with Crippen molar-refractivity contribution in [2.45, 2.75) is 18.4 Å². The maximum Gasteiger partial charge on any atom is 0.256 e. The molecule has 9 heteroatoms. The van der Waals surface area contributed by atoms with E-state index >= 15 is 0 Å². The smallest absolute Gasteiger partial charge is 0.256 e. The van der Waals surface area contributed by atoms with Crippen LogP contribution < -0.4 is 4.72 Å². The zero-order valence-electron chi connectivity index (χ0n) is 12.7. The maximum absolute atomic E-state index is 14.0. The summed E-state index contributed by atoms with van der Waals surface area (Å²) in [4.78, 5) is 20.2. The fourth-order valence-corrected chi connectivity index (χ4v) is 3.08. The van der Waals surface area contributed by atoms with Crippen LogP contribution in [0.1, 0.15) is 23.0 Å². The van der Waals surface area contributed by atoms with Gasteiger partial charge >= 0.3 is 0 Å². The number of imidazole rings is 1. The predicted octanol–water partition coefficient (Wildman–Crippen LogP) is 1.12. The van der Waals surface area contributed by atoms with Crippen molar-refractivity contribution in [2.24, 2.45) is 0 Å². The Morgan fingerprint density at radius 3 is 2.78 bits per heavy atom. The number of benzene rings is 1. The van der Waals surface area contributed by atoms with E-state index in [1.54, 1.807) is 13.1 Å². The number of amides is 1. The van der Waals surface area contributed by atoms with Crippen molar-refractivity contribution in [3.05, 3.63) is 47.8 Å². The number of carbonyl (C=O) groups excluding carboxylic acids is 1. The number of halogens is 1. The third kappa shape index (κ3) is 3.93. The van der Waals surface area contributed by atoms with Crippen LogP contribution in [-0.2, 0) is 16.6 Å². The summed E-state index contributed by atoms with van der Waals surface area (Å²) >= 11 is 0. The summed E-state index contributed by atoms with van der Waals surface area (Å²) in [6.07, 6.45) is 3.02. The quantitative estimate of drug-likeness (QED) is 0.824. The summed E-state index contributed by atoms with van der Waals surface area (Å²) in [5.74, 6) is -1.40. The van der Waals surface area contributed by atoms with E-state index in [2.05, 4.69) is 14.7 Å². The highest BCUT2D eigenvalue weighted by Crippen LogP contribution is 2.17. The topological polar surface area (TPSA) is 95.2 Å². The molecule has 0 spiro atoms. The van der Waals surface area contributed by atoms with E-state index in [1.165, 1.54) is 18.3 Å². The molecular weight excluding hydrogens is 323 g/mol. The van der Waals surface area contributed by atoms with Gasteiger partial charge in [0.05, 0.1) is 29.0 Å². The number of rotatable bonds is 6. The minimum atomic E-state index is -3.76. The fourth-order valence-electron chi connectivity index (χ4n) is 2.01. The van der Waals surface area contributed by atoms with Gasteiger partial charge in [0, 0.05) is 19.8 Å². The van der Waals surface area contributed by atoms with Crippen LogP contribution >= 0.6 is 0 Å². The second-order valence-electron chi connectivity index (χ2n) is 4.88. The highest BCUT2D eigenvalue weighted by Gasteiger charge is 2.21. The highest BCUT2D eigenvalue weighted by molar-refractivity contribution is 7.89. The van der Waals surface area contributed by atoms with Crippen molar-refractivity contribution in [2.75, 3.05) is 13.6 Å². The van der Waals surface area contributed by atoms with Crippen LogP contribution in [0.4, 0.5) is 4.39 Å². The van der Waals surface area contributed by atoms with E-state index in [9.17, 15) is 17.6 Å². The molecule has 2 N–H and O–H groups in total. The van der Waals surface area contributed by atoms with Gasteiger partial charge in [0.2, 0.25) is 10.0 Å². The van der Waals surface area contributed by atoms with Crippen LogP contribution in [0.5, 0.6) is 0 Å². The molecule has 0 saturated carbocycles. The second kappa shape index (κ2) is 6.88. The zero-order chi connectivity index (χ0) is 17.0. The Labute approximate surface area is 133 Å².